The van der Waals surface area contributed by atoms with Crippen LogP contribution >= 0.6 is 0 Å². The van der Waals surface area contributed by atoms with Gasteiger partial charge < -0.3 is 4.42 Å². The van der Waals surface area contributed by atoms with Crippen LogP contribution < -0.4 is 21.1 Å². The minimum Gasteiger partial charge on any atom is -0.468 e. The standard InChI is InChI=1S/C21H17N5O6S/c27-19(24-26-21(29)18-16-5-1-2-6-17(16)20(28)25-23-18)13-7-9-15(10-8-13)33(30,31)22-12-14-4-3-11-32-14/h1-11,22H,12H2,(H,24,27)(H,25,28)(H,26,29). The van der Waals surface area contributed by atoms with Crippen LogP contribution in [0.2, 0.25) is 0 Å². The molecule has 0 spiro atoms. The van der Waals surface area contributed by atoms with E-state index >= 15 is 0 Å². The lowest BCUT2D eigenvalue weighted by molar-refractivity contribution is 0.0844. The van der Waals surface area contributed by atoms with E-state index in [0.717, 1.165) is 0 Å². The molecule has 2 aromatic heterocycles. The van der Waals surface area contributed by atoms with Crippen molar-refractivity contribution in [2.24, 2.45) is 0 Å². The average molecular weight is 467 g/mol. The number of aromatic amines is 1. The number of hydrogen-bond donors (Lipinski definition) is 4. The molecule has 11 nitrogen and oxygen atoms in total. The molecule has 0 aliphatic carbocycles. The van der Waals surface area contributed by atoms with Gasteiger partial charge in [0.1, 0.15) is 5.76 Å². The zero-order chi connectivity index (χ0) is 23.4. The molecule has 0 saturated heterocycles. The Labute approximate surface area is 186 Å². The summed E-state index contributed by atoms with van der Waals surface area (Å²) < 4.78 is 32.2. The Kier molecular flexibility index (Phi) is 6.02. The number of nitrogens with zero attached hydrogens (tertiary/aromatic N) is 1. The average Bonchev–Trinajstić information content (AvgIpc) is 3.35. The Balaban J connectivity index is 1.40. The largest absolute Gasteiger partial charge is 0.468 e. The minimum absolute atomic E-state index is 0.0168. The van der Waals surface area contributed by atoms with E-state index in [-0.39, 0.29) is 28.1 Å². The van der Waals surface area contributed by atoms with E-state index in [4.69, 9.17) is 4.42 Å². The van der Waals surface area contributed by atoms with Gasteiger partial charge in [0.25, 0.3) is 17.4 Å². The van der Waals surface area contributed by atoms with Gasteiger partial charge in [-0.2, -0.15) is 5.10 Å². The maximum Gasteiger partial charge on any atom is 0.290 e. The van der Waals surface area contributed by atoms with Crippen LogP contribution in [-0.4, -0.2) is 30.4 Å². The highest BCUT2D eigenvalue weighted by Gasteiger charge is 2.17. The van der Waals surface area contributed by atoms with Crippen LogP contribution in [0.25, 0.3) is 10.8 Å². The molecule has 0 radical (unpaired) electrons. The zero-order valence-corrected chi connectivity index (χ0v) is 17.7. The van der Waals surface area contributed by atoms with Gasteiger partial charge in [0.05, 0.1) is 23.1 Å². The first-order valence-corrected chi connectivity index (χ1v) is 11.0. The van der Waals surface area contributed by atoms with Crippen molar-refractivity contribution in [1.29, 1.82) is 0 Å². The molecule has 0 unspecified atom stereocenters. The van der Waals surface area contributed by atoms with Gasteiger partial charge in [0.15, 0.2) is 5.69 Å². The van der Waals surface area contributed by atoms with Crippen LogP contribution in [0.3, 0.4) is 0 Å². The fourth-order valence-corrected chi connectivity index (χ4v) is 3.97. The number of benzene rings is 2. The molecule has 2 heterocycles. The molecular formula is C21H17N5O6S. The van der Waals surface area contributed by atoms with Crippen LogP contribution in [0.5, 0.6) is 0 Å². The SMILES string of the molecule is O=C(NNC(=O)c1n[nH]c(=O)c2ccccc12)c1ccc(S(=O)(=O)NCc2ccco2)cc1. The number of fused-ring (bicyclic) bond motifs is 1. The summed E-state index contributed by atoms with van der Waals surface area (Å²) in [5.74, 6) is -0.961. The second kappa shape index (κ2) is 9.06. The second-order valence-corrected chi connectivity index (χ2v) is 8.55. The van der Waals surface area contributed by atoms with Crippen LogP contribution in [0.1, 0.15) is 26.6 Å². The smallest absolute Gasteiger partial charge is 0.290 e. The Morgan fingerprint density at radius 1 is 0.909 bits per heavy atom. The van der Waals surface area contributed by atoms with E-state index in [1.807, 2.05) is 0 Å². The highest BCUT2D eigenvalue weighted by atomic mass is 32.2. The van der Waals surface area contributed by atoms with Crippen LogP contribution in [0, 0.1) is 0 Å². The van der Waals surface area contributed by atoms with E-state index in [1.54, 1.807) is 36.4 Å². The van der Waals surface area contributed by atoms with Gasteiger partial charge in [-0.05, 0) is 42.5 Å². The Hall–Kier alpha value is -4.29. The van der Waals surface area contributed by atoms with Gasteiger partial charge in [-0.1, -0.05) is 18.2 Å². The quantitative estimate of drug-likeness (QED) is 0.308. The second-order valence-electron chi connectivity index (χ2n) is 6.78. The third kappa shape index (κ3) is 4.81. The van der Waals surface area contributed by atoms with Gasteiger partial charge in [-0.15, -0.1) is 0 Å². The summed E-state index contributed by atoms with van der Waals surface area (Å²) in [7, 11) is -3.81. The number of carbonyl (C=O) groups is 2. The summed E-state index contributed by atoms with van der Waals surface area (Å²) in [5, 5.41) is 6.59. The van der Waals surface area contributed by atoms with Crippen LogP contribution in [0.4, 0.5) is 0 Å². The van der Waals surface area contributed by atoms with Gasteiger partial charge in [-0.3, -0.25) is 25.2 Å². The van der Waals surface area contributed by atoms with Crippen molar-refractivity contribution >= 4 is 32.6 Å². The van der Waals surface area contributed by atoms with E-state index in [1.165, 1.54) is 30.5 Å². The molecule has 0 aliphatic heterocycles. The Bertz CT molecular complexity index is 1480. The van der Waals surface area contributed by atoms with Gasteiger partial charge >= 0.3 is 0 Å². The number of sulfonamides is 1. The number of H-pyrrole nitrogens is 1. The fourth-order valence-electron chi connectivity index (χ4n) is 2.98. The molecule has 4 N–H and O–H groups in total. The summed E-state index contributed by atoms with van der Waals surface area (Å²) >= 11 is 0. The van der Waals surface area contributed by atoms with Crippen LogP contribution in [-0.2, 0) is 16.6 Å². The first kappa shape index (κ1) is 21.9. The van der Waals surface area contributed by atoms with Crippen molar-refractivity contribution in [3.8, 4) is 0 Å². The van der Waals surface area contributed by atoms with Crippen molar-refractivity contribution in [1.82, 2.24) is 25.8 Å². The number of carbonyl (C=O) groups excluding carboxylic acids is 2. The predicted octanol–water partition coefficient (Wildman–Crippen LogP) is 1.07. The highest BCUT2D eigenvalue weighted by Crippen LogP contribution is 2.13. The molecule has 0 bridgehead atoms. The Morgan fingerprint density at radius 2 is 1.61 bits per heavy atom. The summed E-state index contributed by atoms with van der Waals surface area (Å²) in [5.41, 5.74) is 4.05. The van der Waals surface area contributed by atoms with Crippen molar-refractivity contribution in [2.75, 3.05) is 0 Å². The first-order chi connectivity index (χ1) is 15.8. The molecule has 4 aromatic rings. The molecule has 0 fully saturated rings. The van der Waals surface area contributed by atoms with Crippen molar-refractivity contribution < 1.29 is 22.4 Å². The molecule has 0 aliphatic rings. The molecule has 0 atom stereocenters. The number of furan rings is 1. The number of hydrogen-bond acceptors (Lipinski definition) is 7. The molecule has 2 amide bonds. The maximum atomic E-state index is 12.5. The lowest BCUT2D eigenvalue weighted by Crippen LogP contribution is -2.42. The van der Waals surface area contributed by atoms with Gasteiger partial charge in [0, 0.05) is 10.9 Å². The minimum atomic E-state index is -3.81. The van der Waals surface area contributed by atoms with Crippen molar-refractivity contribution in [2.45, 2.75) is 11.4 Å². The molecule has 12 heteroatoms. The number of rotatable bonds is 6. The molecule has 0 saturated carbocycles. The van der Waals surface area contributed by atoms with Crippen molar-refractivity contribution in [3.05, 3.63) is 94.3 Å². The molecule has 168 valence electrons. The first-order valence-electron chi connectivity index (χ1n) is 9.55. The number of nitrogens with one attached hydrogen (secondary N) is 4. The summed E-state index contributed by atoms with van der Waals surface area (Å²) in [4.78, 5) is 36.6. The molecular weight excluding hydrogens is 450 g/mol. The normalized spacial score (nSPS) is 11.3. The predicted molar refractivity (Wildman–Crippen MR) is 116 cm³/mol. The summed E-state index contributed by atoms with van der Waals surface area (Å²) in [6.45, 7) is -0.0168. The van der Waals surface area contributed by atoms with E-state index < -0.39 is 27.4 Å². The topological polar surface area (TPSA) is 163 Å². The van der Waals surface area contributed by atoms with Crippen molar-refractivity contribution in [3.63, 3.8) is 0 Å². The lowest BCUT2D eigenvalue weighted by atomic mass is 10.1. The van der Waals surface area contributed by atoms with Crippen LogP contribution in [0.15, 0.2) is 81.0 Å². The number of aromatic nitrogens is 2. The van der Waals surface area contributed by atoms with Gasteiger partial charge in [-0.25, -0.2) is 18.2 Å². The van der Waals surface area contributed by atoms with E-state index in [0.29, 0.717) is 11.1 Å². The molecule has 2 aromatic carbocycles. The molecule has 33 heavy (non-hydrogen) atoms. The Morgan fingerprint density at radius 3 is 2.30 bits per heavy atom. The molecule has 4 rings (SSSR count). The monoisotopic (exact) mass is 467 g/mol. The third-order valence-corrected chi connectivity index (χ3v) is 6.06. The summed E-state index contributed by atoms with van der Waals surface area (Å²) in [6, 6.07) is 14.8. The fraction of sp³-hybridized carbons (Fsp3) is 0.0476. The zero-order valence-electron chi connectivity index (χ0n) is 16.9. The van der Waals surface area contributed by atoms with E-state index in [2.05, 4.69) is 25.8 Å². The van der Waals surface area contributed by atoms with Gasteiger partial charge in [0.2, 0.25) is 10.0 Å². The summed E-state index contributed by atoms with van der Waals surface area (Å²) in [6.07, 6.45) is 1.44. The lowest BCUT2D eigenvalue weighted by Gasteiger charge is -2.09. The number of amides is 2. The third-order valence-electron chi connectivity index (χ3n) is 4.64. The number of hydrazine groups is 1. The maximum absolute atomic E-state index is 12.5. The highest BCUT2D eigenvalue weighted by molar-refractivity contribution is 7.89. The van der Waals surface area contributed by atoms with E-state index in [9.17, 15) is 22.8 Å².